The first kappa shape index (κ1) is 20.0. The van der Waals surface area contributed by atoms with Gasteiger partial charge in [0.15, 0.2) is 5.82 Å². The van der Waals surface area contributed by atoms with E-state index in [1.165, 1.54) is 10.8 Å². The van der Waals surface area contributed by atoms with E-state index in [0.717, 1.165) is 18.9 Å². The van der Waals surface area contributed by atoms with Crippen LogP contribution in [0.2, 0.25) is 0 Å². The fraction of sp³-hybridized carbons (Fsp3) is 0.474. The van der Waals surface area contributed by atoms with Crippen molar-refractivity contribution in [3.8, 4) is 11.3 Å². The second-order valence-corrected chi connectivity index (χ2v) is 7.75. The number of hydrogen-bond donors (Lipinski definition) is 3. The van der Waals surface area contributed by atoms with Gasteiger partial charge in [0.1, 0.15) is 17.2 Å². The van der Waals surface area contributed by atoms with Crippen molar-refractivity contribution < 1.29 is 14.6 Å². The normalized spacial score (nSPS) is 15.8. The molecule has 1 atom stereocenters. The number of aromatic amines is 1. The van der Waals surface area contributed by atoms with Crippen molar-refractivity contribution in [2.24, 2.45) is 13.0 Å². The molecule has 0 bridgehead atoms. The number of nitrogens with two attached hydrogens (primary N) is 1. The monoisotopic (exact) mass is 415 g/mol. The Labute approximate surface area is 172 Å². The molecule has 0 saturated carbocycles. The topological polar surface area (TPSA) is 144 Å². The maximum atomic E-state index is 13.1. The molecule has 0 amide bonds. The molecular weight excluding hydrogens is 390 g/mol. The number of carbonyl (C=O) groups is 1. The highest BCUT2D eigenvalue weighted by Crippen LogP contribution is 2.31. The van der Waals surface area contributed by atoms with E-state index >= 15 is 0 Å². The predicted octanol–water partition coefficient (Wildman–Crippen LogP) is 0.826. The first-order valence-corrected chi connectivity index (χ1v) is 9.78. The molecule has 1 saturated heterocycles. The number of carboxylic acids is 1. The van der Waals surface area contributed by atoms with E-state index in [0.29, 0.717) is 30.0 Å². The number of nitrogen functional groups attached to an aromatic ring is 1. The summed E-state index contributed by atoms with van der Waals surface area (Å²) in [4.78, 5) is 27.2. The lowest BCUT2D eigenvalue weighted by Crippen LogP contribution is -2.37. The molecule has 3 aromatic heterocycles. The van der Waals surface area contributed by atoms with Gasteiger partial charge in [-0.15, -0.1) is 0 Å². The van der Waals surface area contributed by atoms with Crippen LogP contribution in [0.3, 0.4) is 0 Å². The minimum atomic E-state index is -1.09. The second kappa shape index (κ2) is 7.48. The number of fused-ring (bicyclic) bond motifs is 1. The molecule has 30 heavy (non-hydrogen) atoms. The largest absolute Gasteiger partial charge is 0.480 e. The summed E-state index contributed by atoms with van der Waals surface area (Å²) in [6, 6.07) is 0.870. The number of H-pyrrole nitrogens is 1. The molecule has 11 heteroatoms. The molecule has 4 N–H and O–H groups in total. The van der Waals surface area contributed by atoms with Crippen LogP contribution >= 0.6 is 0 Å². The Kier molecular flexibility index (Phi) is 4.98. The molecule has 1 aliphatic heterocycles. The Bertz CT molecular complexity index is 1150. The number of pyridine rings is 1. The minimum absolute atomic E-state index is 0.0304. The number of hydrogen-bond acceptors (Lipinski definition) is 7. The summed E-state index contributed by atoms with van der Waals surface area (Å²) >= 11 is 0. The van der Waals surface area contributed by atoms with Crippen LogP contribution in [0.15, 0.2) is 17.1 Å². The van der Waals surface area contributed by atoms with Crippen LogP contribution in [0, 0.1) is 5.92 Å². The molecule has 3 aromatic rings. The van der Waals surface area contributed by atoms with Gasteiger partial charge in [-0.1, -0.05) is 13.8 Å². The highest BCUT2D eigenvalue weighted by molar-refractivity contribution is 5.98. The highest BCUT2D eigenvalue weighted by Gasteiger charge is 2.28. The van der Waals surface area contributed by atoms with Crippen LogP contribution in [0.5, 0.6) is 0 Å². The van der Waals surface area contributed by atoms with Crippen molar-refractivity contribution in [3.63, 3.8) is 0 Å². The van der Waals surface area contributed by atoms with Crippen molar-refractivity contribution in [2.45, 2.75) is 19.9 Å². The van der Waals surface area contributed by atoms with E-state index in [1.54, 1.807) is 18.5 Å². The average Bonchev–Trinajstić information content (AvgIpc) is 3.27. The fourth-order valence-electron chi connectivity index (χ4n) is 3.96. The Morgan fingerprint density at radius 3 is 2.67 bits per heavy atom. The summed E-state index contributed by atoms with van der Waals surface area (Å²) in [6.45, 7) is 6.29. The van der Waals surface area contributed by atoms with Gasteiger partial charge in [-0.05, 0) is 5.92 Å². The number of nitrogens with one attached hydrogen (secondary N) is 1. The van der Waals surface area contributed by atoms with Crippen LogP contribution in [0.1, 0.15) is 19.9 Å². The van der Waals surface area contributed by atoms with Crippen molar-refractivity contribution in [1.82, 2.24) is 24.5 Å². The summed E-state index contributed by atoms with van der Waals surface area (Å²) in [7, 11) is 1.84. The molecule has 0 radical (unpaired) electrons. The highest BCUT2D eigenvalue weighted by atomic mass is 16.5. The van der Waals surface area contributed by atoms with Gasteiger partial charge in [-0.25, -0.2) is 4.79 Å². The van der Waals surface area contributed by atoms with E-state index in [1.807, 2.05) is 13.1 Å². The molecule has 0 spiro atoms. The lowest BCUT2D eigenvalue weighted by molar-refractivity contribution is -0.142. The van der Waals surface area contributed by atoms with Gasteiger partial charge in [0.05, 0.1) is 24.4 Å². The third-order valence-corrected chi connectivity index (χ3v) is 5.43. The van der Waals surface area contributed by atoms with Gasteiger partial charge in [-0.3, -0.25) is 19.1 Å². The second-order valence-electron chi connectivity index (χ2n) is 7.75. The quantitative estimate of drug-likeness (QED) is 0.556. The third kappa shape index (κ3) is 3.20. The number of aromatic nitrogens is 5. The van der Waals surface area contributed by atoms with Crippen molar-refractivity contribution >= 4 is 28.5 Å². The van der Waals surface area contributed by atoms with Crippen LogP contribution < -0.4 is 16.2 Å². The van der Waals surface area contributed by atoms with Crippen LogP contribution in [-0.4, -0.2) is 61.9 Å². The van der Waals surface area contributed by atoms with E-state index in [2.05, 4.69) is 20.2 Å². The summed E-state index contributed by atoms with van der Waals surface area (Å²) in [5, 5.41) is 21.3. The van der Waals surface area contributed by atoms with Gasteiger partial charge in [-0.2, -0.15) is 10.2 Å². The first-order chi connectivity index (χ1) is 14.3. The molecule has 160 valence electrons. The van der Waals surface area contributed by atoms with Gasteiger partial charge < -0.3 is 20.5 Å². The van der Waals surface area contributed by atoms with E-state index < -0.39 is 17.6 Å². The Hall–Kier alpha value is -3.34. The summed E-state index contributed by atoms with van der Waals surface area (Å²) in [5.41, 5.74) is 7.05. The zero-order valence-corrected chi connectivity index (χ0v) is 17.1. The zero-order chi connectivity index (χ0) is 21.6. The smallest absolute Gasteiger partial charge is 0.327 e. The molecule has 1 unspecified atom stereocenters. The Morgan fingerprint density at radius 2 is 2.03 bits per heavy atom. The number of aryl methyl sites for hydroxylation is 1. The maximum Gasteiger partial charge on any atom is 0.327 e. The Morgan fingerprint density at radius 1 is 1.33 bits per heavy atom. The summed E-state index contributed by atoms with van der Waals surface area (Å²) in [5.74, 6) is -0.464. The lowest BCUT2D eigenvalue weighted by atomic mass is 10.0. The first-order valence-electron chi connectivity index (χ1n) is 9.78. The molecule has 4 rings (SSSR count). The molecule has 4 heterocycles. The van der Waals surface area contributed by atoms with E-state index in [4.69, 9.17) is 10.5 Å². The number of morpholine rings is 1. The Balaban J connectivity index is 1.92. The van der Waals surface area contributed by atoms with E-state index in [9.17, 15) is 14.7 Å². The molecular formula is C19H25N7O4. The van der Waals surface area contributed by atoms with Gasteiger partial charge >= 0.3 is 5.97 Å². The van der Waals surface area contributed by atoms with Crippen molar-refractivity contribution in [1.29, 1.82) is 0 Å². The number of aliphatic carboxylic acids is 1. The molecule has 11 nitrogen and oxygen atoms in total. The van der Waals surface area contributed by atoms with Crippen molar-refractivity contribution in [3.05, 3.63) is 22.6 Å². The molecule has 0 aromatic carbocycles. The summed E-state index contributed by atoms with van der Waals surface area (Å²) < 4.78 is 8.41. The van der Waals surface area contributed by atoms with Crippen LogP contribution in [0.25, 0.3) is 22.2 Å². The lowest BCUT2D eigenvalue weighted by Gasteiger charge is -2.28. The summed E-state index contributed by atoms with van der Waals surface area (Å²) in [6.07, 6.45) is 1.53. The van der Waals surface area contributed by atoms with Crippen molar-refractivity contribution in [2.75, 3.05) is 36.9 Å². The minimum Gasteiger partial charge on any atom is -0.480 e. The maximum absolute atomic E-state index is 13.1. The number of ether oxygens (including phenoxy) is 1. The molecule has 0 aliphatic carbocycles. The number of rotatable bonds is 5. The van der Waals surface area contributed by atoms with Gasteiger partial charge in [0, 0.05) is 38.0 Å². The standard InChI is InChI=1S/C19H25N7O4/c1-10(2)16(19(28)29)26-9-11(15-14(18(26)27)17(20)22-21-15)12-8-13(24(3)23-12)25-4-6-30-7-5-25/h8-10,16H,4-7H2,1-3H3,(H,28,29)(H3,20,21,22). The SMILES string of the molecule is CC(C)C(C(=O)O)n1cc(-c2cc(N3CCOCC3)n(C)n2)c2[nH]nc(N)c2c1=O. The van der Waals surface area contributed by atoms with Crippen LogP contribution in [-0.2, 0) is 16.6 Å². The van der Waals surface area contributed by atoms with Crippen LogP contribution in [0.4, 0.5) is 11.6 Å². The van der Waals surface area contributed by atoms with Gasteiger partial charge in [0.25, 0.3) is 5.56 Å². The molecule has 1 aliphatic rings. The fourth-order valence-corrected chi connectivity index (χ4v) is 3.96. The predicted molar refractivity (Wildman–Crippen MR) is 112 cm³/mol. The number of anilines is 2. The number of carboxylic acid groups (broad SMARTS) is 1. The zero-order valence-electron chi connectivity index (χ0n) is 17.1. The number of nitrogens with zero attached hydrogens (tertiary/aromatic N) is 5. The van der Waals surface area contributed by atoms with E-state index in [-0.39, 0.29) is 17.1 Å². The average molecular weight is 415 g/mol. The third-order valence-electron chi connectivity index (χ3n) is 5.43. The molecule has 1 fully saturated rings. The van der Waals surface area contributed by atoms with Gasteiger partial charge in [0.2, 0.25) is 0 Å².